The van der Waals surface area contributed by atoms with Crippen LogP contribution in [0.2, 0.25) is 0 Å². The fraction of sp³-hybridized carbons (Fsp3) is 0.600. The summed E-state index contributed by atoms with van der Waals surface area (Å²) in [4.78, 5) is 4.32. The van der Waals surface area contributed by atoms with E-state index in [0.29, 0.717) is 0 Å². The Bertz CT molecular complexity index is 262. The molecule has 2 nitrogen and oxygen atoms in total. The van der Waals surface area contributed by atoms with Gasteiger partial charge in [-0.15, -0.1) is 0 Å². The summed E-state index contributed by atoms with van der Waals surface area (Å²) in [5.41, 5.74) is 3.33. The zero-order chi connectivity index (χ0) is 14.0. The lowest BCUT2D eigenvalue weighted by molar-refractivity contribution is 0.331. The van der Waals surface area contributed by atoms with Crippen molar-refractivity contribution < 1.29 is 0 Å². The zero-order valence-electron chi connectivity index (χ0n) is 12.8. The Hall–Kier alpha value is -1.02. The van der Waals surface area contributed by atoms with E-state index < -0.39 is 0 Å². The lowest BCUT2D eigenvalue weighted by Gasteiger charge is -2.22. The molecular formula is C15H30N2. The number of likely N-dealkylation sites (N-methyl/N-ethyl adjacent to an activating group) is 2. The van der Waals surface area contributed by atoms with Crippen molar-refractivity contribution in [2.45, 2.75) is 27.7 Å². The maximum Gasteiger partial charge on any atom is 0.0302 e. The molecule has 0 saturated carbocycles. The van der Waals surface area contributed by atoms with E-state index in [1.54, 1.807) is 0 Å². The predicted octanol–water partition coefficient (Wildman–Crippen LogP) is 3.54. The first kappa shape index (κ1) is 18.3. The van der Waals surface area contributed by atoms with Crippen LogP contribution in [0.5, 0.6) is 0 Å². The van der Waals surface area contributed by atoms with Crippen LogP contribution in [-0.4, -0.2) is 44.0 Å². The molecule has 0 aliphatic rings. The molecule has 0 rings (SSSR count). The molecule has 0 aromatic heterocycles. The Morgan fingerprint density at radius 3 is 1.82 bits per heavy atom. The number of hydrogen-bond donors (Lipinski definition) is 0. The summed E-state index contributed by atoms with van der Waals surface area (Å²) in [7, 11) is 6.21. The van der Waals surface area contributed by atoms with Crippen LogP contribution < -0.4 is 0 Å². The highest BCUT2D eigenvalue weighted by atomic mass is 15.2. The van der Waals surface area contributed by atoms with Gasteiger partial charge >= 0.3 is 0 Å². The van der Waals surface area contributed by atoms with Gasteiger partial charge in [0.25, 0.3) is 0 Å². The van der Waals surface area contributed by atoms with Crippen molar-refractivity contribution in [3.63, 3.8) is 0 Å². The van der Waals surface area contributed by atoms with Gasteiger partial charge in [0.1, 0.15) is 0 Å². The van der Waals surface area contributed by atoms with E-state index >= 15 is 0 Å². The first-order valence-corrected chi connectivity index (χ1v) is 6.23. The average Bonchev–Trinajstić information content (AvgIpc) is 2.28. The molecule has 0 amide bonds. The van der Waals surface area contributed by atoms with Crippen LogP contribution in [0.15, 0.2) is 36.1 Å². The van der Waals surface area contributed by atoms with Gasteiger partial charge in [-0.3, -0.25) is 0 Å². The minimum Gasteiger partial charge on any atom is -0.374 e. The normalized spacial score (nSPS) is 10.7. The maximum absolute atomic E-state index is 4.04. The molecule has 0 unspecified atom stereocenters. The standard InChI is InChI=1S/C13H24N2.C2H6/c1-11(2)12(3)10-13(4)15(7)9-8-14(5)6;1-2/h10H,1,4,8-9H2,2-3,5-7H3;1-2H3/b12-10-;. The van der Waals surface area contributed by atoms with E-state index in [0.717, 1.165) is 24.4 Å². The third-order valence-electron chi connectivity index (χ3n) is 2.43. The third-order valence-corrected chi connectivity index (χ3v) is 2.43. The Kier molecular flexibility index (Phi) is 11.0. The van der Waals surface area contributed by atoms with E-state index in [2.05, 4.69) is 57.1 Å². The van der Waals surface area contributed by atoms with Gasteiger partial charge in [-0.2, -0.15) is 0 Å². The van der Waals surface area contributed by atoms with Gasteiger partial charge in [-0.25, -0.2) is 0 Å². The molecule has 0 saturated heterocycles. The molecule has 0 radical (unpaired) electrons. The average molecular weight is 238 g/mol. The first-order chi connectivity index (χ1) is 7.84. The summed E-state index contributed by atoms with van der Waals surface area (Å²) in [6.07, 6.45) is 2.08. The van der Waals surface area contributed by atoms with Crippen molar-refractivity contribution in [3.05, 3.63) is 36.1 Å². The van der Waals surface area contributed by atoms with E-state index in [-0.39, 0.29) is 0 Å². The van der Waals surface area contributed by atoms with Crippen LogP contribution in [0.1, 0.15) is 27.7 Å². The van der Waals surface area contributed by atoms with Crippen LogP contribution in [-0.2, 0) is 0 Å². The van der Waals surface area contributed by atoms with Crippen molar-refractivity contribution >= 4 is 0 Å². The summed E-state index contributed by atoms with van der Waals surface area (Å²) < 4.78 is 0. The van der Waals surface area contributed by atoms with Gasteiger partial charge in [-0.05, 0) is 39.6 Å². The molecule has 0 aromatic rings. The maximum atomic E-state index is 4.04. The van der Waals surface area contributed by atoms with E-state index in [9.17, 15) is 0 Å². The topological polar surface area (TPSA) is 6.48 Å². The Balaban J connectivity index is 0. The molecule has 0 bridgehead atoms. The van der Waals surface area contributed by atoms with Crippen LogP contribution in [0.4, 0.5) is 0 Å². The van der Waals surface area contributed by atoms with E-state index in [4.69, 9.17) is 0 Å². The smallest absolute Gasteiger partial charge is 0.0302 e. The monoisotopic (exact) mass is 238 g/mol. The van der Waals surface area contributed by atoms with Crippen molar-refractivity contribution in [3.8, 4) is 0 Å². The zero-order valence-corrected chi connectivity index (χ0v) is 12.8. The van der Waals surface area contributed by atoms with Crippen LogP contribution in [0.3, 0.4) is 0 Å². The number of rotatable bonds is 6. The van der Waals surface area contributed by atoms with Crippen LogP contribution in [0, 0.1) is 0 Å². The highest BCUT2D eigenvalue weighted by Crippen LogP contribution is 2.10. The summed E-state index contributed by atoms with van der Waals surface area (Å²) in [6, 6.07) is 0. The van der Waals surface area contributed by atoms with Gasteiger partial charge < -0.3 is 9.80 Å². The number of nitrogens with zero attached hydrogens (tertiary/aromatic N) is 2. The quantitative estimate of drug-likeness (QED) is 0.653. The molecule has 0 aliphatic carbocycles. The summed E-state index contributed by atoms with van der Waals surface area (Å²) in [6.45, 7) is 18.1. The molecular weight excluding hydrogens is 208 g/mol. The second-order valence-electron chi connectivity index (χ2n) is 4.32. The third kappa shape index (κ3) is 9.88. The van der Waals surface area contributed by atoms with Crippen molar-refractivity contribution in [2.24, 2.45) is 0 Å². The summed E-state index contributed by atoms with van der Waals surface area (Å²) in [5.74, 6) is 0. The lowest BCUT2D eigenvalue weighted by atomic mass is 10.1. The molecule has 0 atom stereocenters. The van der Waals surface area contributed by atoms with Crippen LogP contribution >= 0.6 is 0 Å². The molecule has 0 aromatic carbocycles. The largest absolute Gasteiger partial charge is 0.374 e. The molecule has 0 spiro atoms. The van der Waals surface area contributed by atoms with E-state index in [1.807, 2.05) is 20.8 Å². The molecule has 100 valence electrons. The molecule has 0 heterocycles. The molecule has 0 fully saturated rings. The molecule has 0 N–H and O–H groups in total. The fourth-order valence-electron chi connectivity index (χ4n) is 0.977. The minimum absolute atomic E-state index is 0.992. The Morgan fingerprint density at radius 1 is 1.00 bits per heavy atom. The van der Waals surface area contributed by atoms with Gasteiger partial charge in [0, 0.05) is 25.8 Å². The van der Waals surface area contributed by atoms with Crippen molar-refractivity contribution in [1.29, 1.82) is 0 Å². The van der Waals surface area contributed by atoms with Crippen LogP contribution in [0.25, 0.3) is 0 Å². The second-order valence-corrected chi connectivity index (χ2v) is 4.32. The van der Waals surface area contributed by atoms with E-state index in [1.165, 1.54) is 5.57 Å². The van der Waals surface area contributed by atoms with Gasteiger partial charge in [0.05, 0.1) is 0 Å². The SMILES string of the molecule is C=C(C)/C(C)=C\C(=C)N(C)CCN(C)C.CC. The van der Waals surface area contributed by atoms with Gasteiger partial charge in [-0.1, -0.05) is 32.6 Å². The molecule has 17 heavy (non-hydrogen) atoms. The fourth-order valence-corrected chi connectivity index (χ4v) is 0.977. The molecule has 2 heteroatoms. The highest BCUT2D eigenvalue weighted by Gasteiger charge is 2.00. The van der Waals surface area contributed by atoms with Crippen molar-refractivity contribution in [2.75, 3.05) is 34.2 Å². The van der Waals surface area contributed by atoms with Gasteiger partial charge in [0.2, 0.25) is 0 Å². The summed E-state index contributed by atoms with van der Waals surface area (Å²) >= 11 is 0. The van der Waals surface area contributed by atoms with Gasteiger partial charge in [0.15, 0.2) is 0 Å². The number of allylic oxidation sites excluding steroid dienone is 3. The minimum atomic E-state index is 0.992. The lowest BCUT2D eigenvalue weighted by Crippen LogP contribution is -2.27. The summed E-state index contributed by atoms with van der Waals surface area (Å²) in [5, 5.41) is 0. The van der Waals surface area contributed by atoms with Crippen molar-refractivity contribution in [1.82, 2.24) is 9.80 Å². The Morgan fingerprint density at radius 2 is 1.47 bits per heavy atom. The Labute approximate surface area is 108 Å². The molecule has 0 aliphatic heterocycles. The number of hydrogen-bond acceptors (Lipinski definition) is 2. The first-order valence-electron chi connectivity index (χ1n) is 6.23. The second kappa shape index (κ2) is 10.2. The predicted molar refractivity (Wildman–Crippen MR) is 80.2 cm³/mol. The highest BCUT2D eigenvalue weighted by molar-refractivity contribution is 5.30.